The van der Waals surface area contributed by atoms with Crippen LogP contribution in [-0.2, 0) is 0 Å². The molecule has 0 aromatic heterocycles. The summed E-state index contributed by atoms with van der Waals surface area (Å²) in [5.41, 5.74) is 0.0162. The van der Waals surface area contributed by atoms with E-state index >= 15 is 0 Å². The van der Waals surface area contributed by atoms with Crippen LogP contribution in [0.4, 0.5) is 0 Å². The largest absolute Gasteiger partial charge is 0.396 e. The summed E-state index contributed by atoms with van der Waals surface area (Å²) in [5, 5.41) is 9.21. The molecule has 0 saturated carbocycles. The SMILES string of the molecule is C.C=CC[C@H](C(C)C)C(C)(C)CO. The molecule has 1 heteroatoms. The van der Waals surface area contributed by atoms with Crippen molar-refractivity contribution in [1.82, 2.24) is 0 Å². The Morgan fingerprint density at radius 3 is 2.08 bits per heavy atom. The van der Waals surface area contributed by atoms with E-state index in [-0.39, 0.29) is 19.4 Å². The highest BCUT2D eigenvalue weighted by molar-refractivity contribution is 4.85. The Kier molecular flexibility index (Phi) is 7.24. The average molecular weight is 186 g/mol. The minimum absolute atomic E-state index is 0. The van der Waals surface area contributed by atoms with E-state index in [1.165, 1.54) is 0 Å². The van der Waals surface area contributed by atoms with Crippen LogP contribution >= 0.6 is 0 Å². The molecule has 1 atom stereocenters. The second kappa shape index (κ2) is 6.20. The molecule has 0 heterocycles. The number of hydrogen-bond acceptors (Lipinski definition) is 1. The van der Waals surface area contributed by atoms with E-state index in [2.05, 4.69) is 34.3 Å². The summed E-state index contributed by atoms with van der Waals surface area (Å²) in [7, 11) is 0. The molecule has 1 nitrogen and oxygen atoms in total. The molecular formula is C12H26O. The molecule has 80 valence electrons. The maximum atomic E-state index is 9.21. The van der Waals surface area contributed by atoms with Crippen molar-refractivity contribution in [3.8, 4) is 0 Å². The number of allylic oxidation sites excluding steroid dienone is 1. The number of aliphatic hydroxyl groups excluding tert-OH is 1. The third-order valence-corrected chi connectivity index (χ3v) is 2.64. The Balaban J connectivity index is 0. The summed E-state index contributed by atoms with van der Waals surface area (Å²) < 4.78 is 0. The van der Waals surface area contributed by atoms with Crippen LogP contribution in [0, 0.1) is 17.3 Å². The van der Waals surface area contributed by atoms with Gasteiger partial charge in [-0.15, -0.1) is 6.58 Å². The van der Waals surface area contributed by atoms with E-state index in [4.69, 9.17) is 0 Å². The summed E-state index contributed by atoms with van der Waals surface area (Å²) in [4.78, 5) is 0. The molecule has 1 N–H and O–H groups in total. The lowest BCUT2D eigenvalue weighted by Gasteiger charge is -2.35. The van der Waals surface area contributed by atoms with Crippen LogP contribution in [0.15, 0.2) is 12.7 Å². The van der Waals surface area contributed by atoms with Gasteiger partial charge in [-0.3, -0.25) is 0 Å². The highest BCUT2D eigenvalue weighted by Gasteiger charge is 2.29. The lowest BCUT2D eigenvalue weighted by molar-refractivity contribution is 0.0711. The Morgan fingerprint density at radius 1 is 1.38 bits per heavy atom. The molecule has 13 heavy (non-hydrogen) atoms. The fourth-order valence-corrected chi connectivity index (χ4v) is 1.79. The Hall–Kier alpha value is -0.300. The number of rotatable bonds is 5. The third-order valence-electron chi connectivity index (χ3n) is 2.64. The van der Waals surface area contributed by atoms with E-state index < -0.39 is 0 Å². The summed E-state index contributed by atoms with van der Waals surface area (Å²) >= 11 is 0. The van der Waals surface area contributed by atoms with Crippen molar-refractivity contribution in [1.29, 1.82) is 0 Å². The van der Waals surface area contributed by atoms with Gasteiger partial charge in [-0.25, -0.2) is 0 Å². The molecule has 0 bridgehead atoms. The maximum absolute atomic E-state index is 9.21. The van der Waals surface area contributed by atoms with Gasteiger partial charge >= 0.3 is 0 Å². The van der Waals surface area contributed by atoms with Gasteiger partial charge < -0.3 is 5.11 Å². The van der Waals surface area contributed by atoms with Gasteiger partial charge in [-0.1, -0.05) is 41.2 Å². The minimum atomic E-state index is 0. The van der Waals surface area contributed by atoms with Gasteiger partial charge in [0.2, 0.25) is 0 Å². The van der Waals surface area contributed by atoms with Crippen molar-refractivity contribution in [3.05, 3.63) is 12.7 Å². The highest BCUT2D eigenvalue weighted by Crippen LogP contribution is 2.34. The molecule has 0 aromatic rings. The molecule has 0 spiro atoms. The molecule has 0 rings (SSSR count). The van der Waals surface area contributed by atoms with Crippen LogP contribution in [0.1, 0.15) is 41.5 Å². The number of aliphatic hydroxyl groups is 1. The standard InChI is InChI=1S/C11H22O.CH4/c1-6-7-10(9(2)3)11(4,5)8-12;/h6,9-10,12H,1,7-8H2,2-5H3;1H4/t10-;/m1./s1. The van der Waals surface area contributed by atoms with Crippen LogP contribution in [-0.4, -0.2) is 11.7 Å². The van der Waals surface area contributed by atoms with Crippen molar-refractivity contribution in [2.24, 2.45) is 17.3 Å². The van der Waals surface area contributed by atoms with Crippen molar-refractivity contribution in [3.63, 3.8) is 0 Å². The Morgan fingerprint density at radius 2 is 1.85 bits per heavy atom. The van der Waals surface area contributed by atoms with Crippen molar-refractivity contribution in [2.45, 2.75) is 41.5 Å². The molecule has 0 radical (unpaired) electrons. The van der Waals surface area contributed by atoms with Gasteiger partial charge in [-0.2, -0.15) is 0 Å². The molecule has 0 fully saturated rings. The Bertz CT molecular complexity index is 136. The first kappa shape index (κ1) is 15.2. The Labute approximate surface area is 83.9 Å². The summed E-state index contributed by atoms with van der Waals surface area (Å²) in [6.45, 7) is 12.6. The van der Waals surface area contributed by atoms with Crippen molar-refractivity contribution >= 4 is 0 Å². The van der Waals surface area contributed by atoms with Gasteiger partial charge in [0.05, 0.1) is 0 Å². The van der Waals surface area contributed by atoms with E-state index in [1.54, 1.807) is 0 Å². The van der Waals surface area contributed by atoms with Gasteiger partial charge in [0.25, 0.3) is 0 Å². The van der Waals surface area contributed by atoms with Crippen molar-refractivity contribution < 1.29 is 5.11 Å². The quantitative estimate of drug-likeness (QED) is 0.652. The monoisotopic (exact) mass is 186 g/mol. The molecule has 0 aromatic carbocycles. The molecule has 0 unspecified atom stereocenters. The topological polar surface area (TPSA) is 20.2 Å². The smallest absolute Gasteiger partial charge is 0.0484 e. The van der Waals surface area contributed by atoms with Gasteiger partial charge in [0, 0.05) is 6.61 Å². The predicted molar refractivity (Wildman–Crippen MR) is 60.7 cm³/mol. The second-order valence-electron chi connectivity index (χ2n) is 4.52. The van der Waals surface area contributed by atoms with Crippen LogP contribution in [0.5, 0.6) is 0 Å². The van der Waals surface area contributed by atoms with Crippen molar-refractivity contribution in [2.75, 3.05) is 6.61 Å². The lowest BCUT2D eigenvalue weighted by Crippen LogP contribution is -2.31. The lowest BCUT2D eigenvalue weighted by atomic mass is 9.72. The first-order valence-electron chi connectivity index (χ1n) is 4.67. The highest BCUT2D eigenvalue weighted by atomic mass is 16.3. The van der Waals surface area contributed by atoms with E-state index in [0.29, 0.717) is 11.8 Å². The normalized spacial score (nSPS) is 13.7. The zero-order chi connectivity index (χ0) is 9.78. The fourth-order valence-electron chi connectivity index (χ4n) is 1.79. The van der Waals surface area contributed by atoms with Crippen LogP contribution < -0.4 is 0 Å². The van der Waals surface area contributed by atoms with E-state index in [0.717, 1.165) is 6.42 Å². The van der Waals surface area contributed by atoms with E-state index in [1.807, 2.05) is 6.08 Å². The van der Waals surface area contributed by atoms with E-state index in [9.17, 15) is 5.11 Å². The predicted octanol–water partition coefficient (Wildman–Crippen LogP) is 3.49. The first-order chi connectivity index (χ1) is 5.45. The third kappa shape index (κ3) is 4.47. The zero-order valence-corrected chi connectivity index (χ0v) is 8.80. The summed E-state index contributed by atoms with van der Waals surface area (Å²) in [6.07, 6.45) is 2.94. The minimum Gasteiger partial charge on any atom is -0.396 e. The molecular weight excluding hydrogens is 160 g/mol. The summed E-state index contributed by atoms with van der Waals surface area (Å²) in [5.74, 6) is 1.13. The molecule has 0 amide bonds. The molecule has 0 aliphatic rings. The molecule has 0 aliphatic carbocycles. The van der Waals surface area contributed by atoms with Crippen LogP contribution in [0.25, 0.3) is 0 Å². The van der Waals surface area contributed by atoms with Gasteiger partial charge in [0.1, 0.15) is 0 Å². The average Bonchev–Trinajstić information content (AvgIpc) is 1.99. The number of hydrogen-bond donors (Lipinski definition) is 1. The van der Waals surface area contributed by atoms with Gasteiger partial charge in [-0.05, 0) is 23.7 Å². The molecule has 0 saturated heterocycles. The fraction of sp³-hybridized carbons (Fsp3) is 0.833. The summed E-state index contributed by atoms with van der Waals surface area (Å²) in [6, 6.07) is 0. The van der Waals surface area contributed by atoms with Crippen LogP contribution in [0.2, 0.25) is 0 Å². The molecule has 0 aliphatic heterocycles. The first-order valence-corrected chi connectivity index (χ1v) is 4.67. The van der Waals surface area contributed by atoms with Gasteiger partial charge in [0.15, 0.2) is 0 Å². The zero-order valence-electron chi connectivity index (χ0n) is 8.80. The maximum Gasteiger partial charge on any atom is 0.0484 e. The second-order valence-corrected chi connectivity index (χ2v) is 4.52. The van der Waals surface area contributed by atoms with Crippen LogP contribution in [0.3, 0.4) is 0 Å².